The van der Waals surface area contributed by atoms with Crippen molar-refractivity contribution in [1.29, 1.82) is 0 Å². The summed E-state index contributed by atoms with van der Waals surface area (Å²) in [6.07, 6.45) is 5.13. The van der Waals surface area contributed by atoms with Crippen molar-refractivity contribution in [3.05, 3.63) is 15.6 Å². The molecule has 1 saturated carbocycles. The molecule has 0 amide bonds. The highest BCUT2D eigenvalue weighted by molar-refractivity contribution is 7.11. The first kappa shape index (κ1) is 13.0. The van der Waals surface area contributed by atoms with Crippen molar-refractivity contribution in [2.45, 2.75) is 53.0 Å². The minimum Gasteiger partial charge on any atom is -0.312 e. The van der Waals surface area contributed by atoms with Crippen molar-refractivity contribution in [2.75, 3.05) is 6.54 Å². The highest BCUT2D eigenvalue weighted by atomic mass is 32.1. The molecule has 2 rings (SSSR count). The van der Waals surface area contributed by atoms with Gasteiger partial charge in [-0.3, -0.25) is 0 Å². The molecule has 0 aliphatic heterocycles. The molecular formula is C14H24N2S. The Kier molecular flexibility index (Phi) is 4.57. The molecule has 1 heterocycles. The summed E-state index contributed by atoms with van der Waals surface area (Å²) in [6, 6.07) is 0. The molecule has 0 aromatic carbocycles. The zero-order chi connectivity index (χ0) is 12.3. The fourth-order valence-corrected chi connectivity index (χ4v) is 3.22. The maximum atomic E-state index is 4.79. The van der Waals surface area contributed by atoms with Crippen LogP contribution in [0.3, 0.4) is 0 Å². The summed E-state index contributed by atoms with van der Waals surface area (Å²) in [7, 11) is 0. The molecule has 1 aromatic rings. The van der Waals surface area contributed by atoms with Gasteiger partial charge < -0.3 is 5.32 Å². The molecule has 0 unspecified atom stereocenters. The lowest BCUT2D eigenvalue weighted by Gasteiger charge is -2.06. The molecule has 2 nitrogen and oxygen atoms in total. The number of hydrogen-bond acceptors (Lipinski definition) is 3. The van der Waals surface area contributed by atoms with Gasteiger partial charge in [0.25, 0.3) is 0 Å². The lowest BCUT2D eigenvalue weighted by molar-refractivity contribution is 0.553. The summed E-state index contributed by atoms with van der Waals surface area (Å²) in [5.74, 6) is 1.67. The van der Waals surface area contributed by atoms with E-state index in [-0.39, 0.29) is 0 Å². The fraction of sp³-hybridized carbons (Fsp3) is 0.786. The van der Waals surface area contributed by atoms with Gasteiger partial charge in [0.05, 0.1) is 10.7 Å². The van der Waals surface area contributed by atoms with Gasteiger partial charge in [-0.2, -0.15) is 0 Å². The van der Waals surface area contributed by atoms with Crippen LogP contribution in [0.15, 0.2) is 0 Å². The third-order valence-corrected chi connectivity index (χ3v) is 4.28. The van der Waals surface area contributed by atoms with Crippen LogP contribution in [0.5, 0.6) is 0 Å². The Morgan fingerprint density at radius 2 is 2.18 bits per heavy atom. The summed E-state index contributed by atoms with van der Waals surface area (Å²) >= 11 is 1.93. The second-order valence-electron chi connectivity index (χ2n) is 5.50. The van der Waals surface area contributed by atoms with Crippen molar-refractivity contribution >= 4 is 11.3 Å². The number of aryl methyl sites for hydroxylation is 1. The largest absolute Gasteiger partial charge is 0.312 e. The molecule has 1 fully saturated rings. The molecule has 17 heavy (non-hydrogen) atoms. The molecule has 0 atom stereocenters. The molecule has 1 aromatic heterocycles. The Morgan fingerprint density at radius 3 is 2.76 bits per heavy atom. The lowest BCUT2D eigenvalue weighted by atomic mass is 10.2. The van der Waals surface area contributed by atoms with Crippen molar-refractivity contribution in [3.8, 4) is 0 Å². The summed E-state index contributed by atoms with van der Waals surface area (Å²) in [5, 5.41) is 4.89. The van der Waals surface area contributed by atoms with E-state index >= 15 is 0 Å². The standard InChI is InChI=1S/C14H24N2S/c1-4-12-13(9-15-8-10(2)3)17-14(16-12)7-11-5-6-11/h10-11,15H,4-9H2,1-3H3. The van der Waals surface area contributed by atoms with Gasteiger partial charge in [-0.1, -0.05) is 20.8 Å². The van der Waals surface area contributed by atoms with E-state index in [1.165, 1.54) is 34.8 Å². The SMILES string of the molecule is CCc1nc(CC2CC2)sc1CNCC(C)C. The summed E-state index contributed by atoms with van der Waals surface area (Å²) < 4.78 is 0. The second-order valence-corrected chi connectivity index (χ2v) is 6.67. The molecule has 0 bridgehead atoms. The number of hydrogen-bond donors (Lipinski definition) is 1. The average Bonchev–Trinajstić information content (AvgIpc) is 2.99. The number of nitrogens with one attached hydrogen (secondary N) is 1. The molecule has 1 aliphatic rings. The fourth-order valence-electron chi connectivity index (χ4n) is 1.98. The Balaban J connectivity index is 1.91. The number of thiazole rings is 1. The quantitative estimate of drug-likeness (QED) is 0.804. The second kappa shape index (κ2) is 5.96. The number of aromatic nitrogens is 1. The summed E-state index contributed by atoms with van der Waals surface area (Å²) in [4.78, 5) is 6.25. The third-order valence-electron chi connectivity index (χ3n) is 3.16. The molecule has 0 radical (unpaired) electrons. The van der Waals surface area contributed by atoms with Crippen molar-refractivity contribution in [3.63, 3.8) is 0 Å². The first-order chi connectivity index (χ1) is 8.19. The molecule has 3 heteroatoms. The van der Waals surface area contributed by atoms with E-state index in [0.717, 1.165) is 31.3 Å². The first-order valence-electron chi connectivity index (χ1n) is 6.87. The van der Waals surface area contributed by atoms with Crippen LogP contribution >= 0.6 is 11.3 Å². The van der Waals surface area contributed by atoms with Crippen molar-refractivity contribution < 1.29 is 0 Å². The van der Waals surface area contributed by atoms with E-state index in [0.29, 0.717) is 0 Å². The van der Waals surface area contributed by atoms with Crippen LogP contribution in [0.1, 0.15) is 49.2 Å². The zero-order valence-corrected chi connectivity index (χ0v) is 12.1. The van der Waals surface area contributed by atoms with Crippen LogP contribution in [0.4, 0.5) is 0 Å². The maximum Gasteiger partial charge on any atom is 0.0934 e. The van der Waals surface area contributed by atoms with E-state index in [9.17, 15) is 0 Å². The van der Waals surface area contributed by atoms with Crippen LogP contribution in [-0.4, -0.2) is 11.5 Å². The minimum absolute atomic E-state index is 0.721. The van der Waals surface area contributed by atoms with Gasteiger partial charge >= 0.3 is 0 Å². The van der Waals surface area contributed by atoms with Crippen LogP contribution < -0.4 is 5.32 Å². The van der Waals surface area contributed by atoms with E-state index in [1.54, 1.807) is 0 Å². The Bertz CT molecular complexity index is 353. The van der Waals surface area contributed by atoms with E-state index < -0.39 is 0 Å². The summed E-state index contributed by atoms with van der Waals surface area (Å²) in [6.45, 7) is 8.81. The molecule has 1 aliphatic carbocycles. The third kappa shape index (κ3) is 4.07. The predicted molar refractivity (Wildman–Crippen MR) is 74.5 cm³/mol. The van der Waals surface area contributed by atoms with Gasteiger partial charge in [-0.15, -0.1) is 11.3 Å². The zero-order valence-electron chi connectivity index (χ0n) is 11.3. The lowest BCUT2D eigenvalue weighted by Crippen LogP contribution is -2.18. The normalized spacial score (nSPS) is 15.8. The highest BCUT2D eigenvalue weighted by Crippen LogP contribution is 2.34. The number of nitrogens with zero attached hydrogens (tertiary/aromatic N) is 1. The van der Waals surface area contributed by atoms with Crippen molar-refractivity contribution in [1.82, 2.24) is 10.3 Å². The van der Waals surface area contributed by atoms with Crippen molar-refractivity contribution in [2.24, 2.45) is 11.8 Å². The minimum atomic E-state index is 0.721. The van der Waals surface area contributed by atoms with Crippen LogP contribution in [0.2, 0.25) is 0 Å². The van der Waals surface area contributed by atoms with Gasteiger partial charge in [0, 0.05) is 17.8 Å². The number of rotatable bonds is 7. The van der Waals surface area contributed by atoms with Gasteiger partial charge in [0.15, 0.2) is 0 Å². The van der Waals surface area contributed by atoms with Gasteiger partial charge in [0.1, 0.15) is 0 Å². The molecule has 0 saturated heterocycles. The average molecular weight is 252 g/mol. The van der Waals surface area contributed by atoms with Gasteiger partial charge in [-0.05, 0) is 37.6 Å². The van der Waals surface area contributed by atoms with Crippen LogP contribution in [-0.2, 0) is 19.4 Å². The Morgan fingerprint density at radius 1 is 1.41 bits per heavy atom. The van der Waals surface area contributed by atoms with Crippen LogP contribution in [0, 0.1) is 11.8 Å². The molecular weight excluding hydrogens is 228 g/mol. The highest BCUT2D eigenvalue weighted by Gasteiger charge is 2.23. The first-order valence-corrected chi connectivity index (χ1v) is 7.68. The summed E-state index contributed by atoms with van der Waals surface area (Å²) in [5.41, 5.74) is 1.32. The van der Waals surface area contributed by atoms with Gasteiger partial charge in [0.2, 0.25) is 0 Å². The Hall–Kier alpha value is -0.410. The van der Waals surface area contributed by atoms with E-state index in [1.807, 2.05) is 11.3 Å². The molecule has 0 spiro atoms. The molecule has 96 valence electrons. The van der Waals surface area contributed by atoms with Gasteiger partial charge in [-0.25, -0.2) is 4.98 Å². The van der Waals surface area contributed by atoms with E-state index in [4.69, 9.17) is 4.98 Å². The Labute approximate surface area is 109 Å². The monoisotopic (exact) mass is 252 g/mol. The van der Waals surface area contributed by atoms with Crippen LogP contribution in [0.25, 0.3) is 0 Å². The molecule has 1 N–H and O–H groups in total. The topological polar surface area (TPSA) is 24.9 Å². The smallest absolute Gasteiger partial charge is 0.0934 e. The van der Waals surface area contributed by atoms with E-state index in [2.05, 4.69) is 26.1 Å². The predicted octanol–water partition coefficient (Wildman–Crippen LogP) is 3.40. The maximum absolute atomic E-state index is 4.79.